The maximum absolute atomic E-state index is 12.1. The zero-order chi connectivity index (χ0) is 18.2. The topological polar surface area (TPSA) is 64.6 Å². The average Bonchev–Trinajstić information content (AvgIpc) is 2.62. The van der Waals surface area contributed by atoms with E-state index in [1.807, 2.05) is 31.2 Å². The minimum Gasteiger partial charge on any atom is -0.494 e. The number of anilines is 1. The van der Waals surface area contributed by atoms with Crippen molar-refractivity contribution in [3.8, 4) is 5.75 Å². The van der Waals surface area contributed by atoms with Crippen LogP contribution in [0.4, 0.5) is 5.69 Å². The number of rotatable bonds is 6. The van der Waals surface area contributed by atoms with Crippen LogP contribution in [0.5, 0.6) is 5.75 Å². The van der Waals surface area contributed by atoms with Crippen LogP contribution in [0.1, 0.15) is 22.8 Å². The molecule has 130 valence electrons. The fourth-order valence-corrected chi connectivity index (χ4v) is 2.22. The standard InChI is InChI=1S/C19H18ClNO4/c1-3-25-15-8-4-13(5-9-15)6-11-18(22)21-17-12-14(19(23)24-2)7-10-16(17)20/h4-12H,3H2,1-2H3,(H,21,22)/b11-6+. The van der Waals surface area contributed by atoms with E-state index < -0.39 is 5.97 Å². The Morgan fingerprint density at radius 2 is 1.88 bits per heavy atom. The molecule has 0 bridgehead atoms. The summed E-state index contributed by atoms with van der Waals surface area (Å²) in [4.78, 5) is 23.6. The molecule has 2 aromatic rings. The summed E-state index contributed by atoms with van der Waals surface area (Å²) in [6.45, 7) is 2.52. The molecular weight excluding hydrogens is 342 g/mol. The second-order valence-corrected chi connectivity index (χ2v) is 5.42. The van der Waals surface area contributed by atoms with Crippen LogP contribution in [0.3, 0.4) is 0 Å². The molecule has 2 aromatic carbocycles. The lowest BCUT2D eigenvalue weighted by Gasteiger charge is -2.07. The molecule has 1 amide bonds. The number of esters is 1. The zero-order valence-corrected chi connectivity index (χ0v) is 14.7. The van der Waals surface area contributed by atoms with Gasteiger partial charge >= 0.3 is 5.97 Å². The largest absolute Gasteiger partial charge is 0.494 e. The summed E-state index contributed by atoms with van der Waals surface area (Å²) in [5, 5.41) is 2.97. The van der Waals surface area contributed by atoms with Gasteiger partial charge in [0, 0.05) is 6.08 Å². The molecule has 6 heteroatoms. The molecule has 2 rings (SSSR count). The lowest BCUT2D eigenvalue weighted by atomic mass is 10.2. The number of methoxy groups -OCH3 is 1. The van der Waals surface area contributed by atoms with Gasteiger partial charge in [-0.3, -0.25) is 4.79 Å². The van der Waals surface area contributed by atoms with Crippen LogP contribution < -0.4 is 10.1 Å². The number of ether oxygens (including phenoxy) is 2. The smallest absolute Gasteiger partial charge is 0.337 e. The van der Waals surface area contributed by atoms with Gasteiger partial charge in [0.15, 0.2) is 0 Å². The number of nitrogens with one attached hydrogen (secondary N) is 1. The molecule has 1 N–H and O–H groups in total. The average molecular weight is 360 g/mol. The summed E-state index contributed by atoms with van der Waals surface area (Å²) < 4.78 is 10.0. The Morgan fingerprint density at radius 1 is 1.16 bits per heavy atom. The number of hydrogen-bond donors (Lipinski definition) is 1. The van der Waals surface area contributed by atoms with Crippen molar-refractivity contribution in [2.24, 2.45) is 0 Å². The number of amides is 1. The van der Waals surface area contributed by atoms with Crippen molar-refractivity contribution in [1.82, 2.24) is 0 Å². The van der Waals surface area contributed by atoms with Crippen LogP contribution >= 0.6 is 11.6 Å². The van der Waals surface area contributed by atoms with Gasteiger partial charge in [0.25, 0.3) is 0 Å². The first-order valence-electron chi connectivity index (χ1n) is 7.63. The Hall–Kier alpha value is -2.79. The van der Waals surface area contributed by atoms with Crippen molar-refractivity contribution in [3.63, 3.8) is 0 Å². The third-order valence-corrected chi connectivity index (χ3v) is 3.59. The van der Waals surface area contributed by atoms with Gasteiger partial charge in [-0.25, -0.2) is 4.79 Å². The number of benzene rings is 2. The van der Waals surface area contributed by atoms with E-state index >= 15 is 0 Å². The van der Waals surface area contributed by atoms with Crippen molar-refractivity contribution >= 4 is 35.2 Å². The van der Waals surface area contributed by atoms with Crippen LogP contribution in [-0.2, 0) is 9.53 Å². The van der Waals surface area contributed by atoms with Crippen LogP contribution in [0.2, 0.25) is 5.02 Å². The highest BCUT2D eigenvalue weighted by Crippen LogP contribution is 2.23. The van der Waals surface area contributed by atoms with E-state index in [9.17, 15) is 9.59 Å². The number of halogens is 1. The predicted molar refractivity (Wildman–Crippen MR) is 98.1 cm³/mol. The van der Waals surface area contributed by atoms with Crippen molar-refractivity contribution in [2.45, 2.75) is 6.92 Å². The molecule has 25 heavy (non-hydrogen) atoms. The molecule has 0 heterocycles. The molecule has 0 aliphatic rings. The predicted octanol–water partition coefficient (Wildman–Crippen LogP) is 4.18. The van der Waals surface area contributed by atoms with E-state index in [4.69, 9.17) is 16.3 Å². The van der Waals surface area contributed by atoms with Gasteiger partial charge in [0.2, 0.25) is 5.91 Å². The van der Waals surface area contributed by atoms with E-state index in [0.717, 1.165) is 11.3 Å². The van der Waals surface area contributed by atoms with Crippen LogP contribution in [-0.4, -0.2) is 25.6 Å². The Balaban J connectivity index is 2.05. The van der Waals surface area contributed by atoms with Crippen molar-refractivity contribution in [1.29, 1.82) is 0 Å². The first kappa shape index (κ1) is 18.5. The van der Waals surface area contributed by atoms with Crippen LogP contribution in [0.15, 0.2) is 48.5 Å². The summed E-state index contributed by atoms with van der Waals surface area (Å²) in [6.07, 6.45) is 3.06. The fourth-order valence-electron chi connectivity index (χ4n) is 2.05. The number of carbonyl (C=O) groups is 2. The minimum atomic E-state index is -0.503. The second kappa shape index (κ2) is 8.89. The normalized spacial score (nSPS) is 10.5. The second-order valence-electron chi connectivity index (χ2n) is 5.01. The summed E-state index contributed by atoms with van der Waals surface area (Å²) in [7, 11) is 1.29. The molecule has 0 radical (unpaired) electrons. The number of carbonyl (C=O) groups excluding carboxylic acids is 2. The quantitative estimate of drug-likeness (QED) is 0.620. The summed E-state index contributed by atoms with van der Waals surface area (Å²) >= 11 is 6.05. The molecule has 0 saturated heterocycles. The SMILES string of the molecule is CCOc1ccc(/C=C/C(=O)Nc2cc(C(=O)OC)ccc2Cl)cc1. The van der Waals surface area contributed by atoms with Gasteiger partial charge in [-0.05, 0) is 48.9 Å². The third kappa shape index (κ3) is 5.36. The summed E-state index contributed by atoms with van der Waals surface area (Å²) in [5.74, 6) is -0.0922. The molecule has 0 saturated carbocycles. The first-order valence-corrected chi connectivity index (χ1v) is 8.01. The van der Waals surface area contributed by atoms with Gasteiger partial charge in [-0.2, -0.15) is 0 Å². The van der Waals surface area contributed by atoms with Crippen LogP contribution in [0, 0.1) is 0 Å². The maximum Gasteiger partial charge on any atom is 0.337 e. The maximum atomic E-state index is 12.1. The van der Waals surface area contributed by atoms with Gasteiger partial charge in [-0.1, -0.05) is 23.7 Å². The third-order valence-electron chi connectivity index (χ3n) is 3.26. The summed E-state index contributed by atoms with van der Waals surface area (Å²) in [6, 6.07) is 11.9. The first-order chi connectivity index (χ1) is 12.0. The minimum absolute atomic E-state index is 0.303. The molecule has 0 aliphatic heterocycles. The molecule has 0 atom stereocenters. The highest BCUT2D eigenvalue weighted by atomic mass is 35.5. The van der Waals surface area contributed by atoms with E-state index in [0.29, 0.717) is 22.9 Å². The Kier molecular flexibility index (Phi) is 6.60. The van der Waals surface area contributed by atoms with Crippen molar-refractivity contribution in [3.05, 3.63) is 64.7 Å². The summed E-state index contributed by atoms with van der Waals surface area (Å²) in [5.41, 5.74) is 1.50. The number of hydrogen-bond acceptors (Lipinski definition) is 4. The van der Waals surface area contributed by atoms with Gasteiger partial charge < -0.3 is 14.8 Å². The Morgan fingerprint density at radius 3 is 2.52 bits per heavy atom. The molecule has 0 spiro atoms. The van der Waals surface area contributed by atoms with E-state index in [2.05, 4.69) is 10.1 Å². The van der Waals surface area contributed by atoms with E-state index in [-0.39, 0.29) is 5.91 Å². The van der Waals surface area contributed by atoms with E-state index in [1.165, 1.54) is 31.4 Å². The highest BCUT2D eigenvalue weighted by molar-refractivity contribution is 6.34. The monoisotopic (exact) mass is 359 g/mol. The highest BCUT2D eigenvalue weighted by Gasteiger charge is 2.10. The van der Waals surface area contributed by atoms with Crippen molar-refractivity contribution in [2.75, 3.05) is 19.0 Å². The molecule has 5 nitrogen and oxygen atoms in total. The molecular formula is C19H18ClNO4. The van der Waals surface area contributed by atoms with Crippen molar-refractivity contribution < 1.29 is 19.1 Å². The van der Waals surface area contributed by atoms with Crippen LogP contribution in [0.25, 0.3) is 6.08 Å². The van der Waals surface area contributed by atoms with Gasteiger partial charge in [0.1, 0.15) is 5.75 Å². The molecule has 0 aliphatic carbocycles. The van der Waals surface area contributed by atoms with Gasteiger partial charge in [-0.15, -0.1) is 0 Å². The lowest BCUT2D eigenvalue weighted by molar-refractivity contribution is -0.111. The van der Waals surface area contributed by atoms with E-state index in [1.54, 1.807) is 6.08 Å². The molecule has 0 fully saturated rings. The fraction of sp³-hybridized carbons (Fsp3) is 0.158. The molecule has 0 unspecified atom stereocenters. The molecule has 0 aromatic heterocycles. The Bertz CT molecular complexity index is 785. The zero-order valence-electron chi connectivity index (χ0n) is 13.9. The Labute approximate surface area is 151 Å². The lowest BCUT2D eigenvalue weighted by Crippen LogP contribution is -2.09. The van der Waals surface area contributed by atoms with Gasteiger partial charge in [0.05, 0.1) is 30.0 Å².